The Bertz CT molecular complexity index is 419. The molecule has 2 nitrogen and oxygen atoms in total. The van der Waals surface area contributed by atoms with E-state index in [0.717, 1.165) is 5.56 Å². The Labute approximate surface area is 103 Å². The van der Waals surface area contributed by atoms with E-state index in [2.05, 4.69) is 19.2 Å². The number of nitriles is 1. The Kier molecular flexibility index (Phi) is 5.19. The van der Waals surface area contributed by atoms with Crippen molar-refractivity contribution in [3.05, 3.63) is 60.7 Å². The van der Waals surface area contributed by atoms with Crippen molar-refractivity contribution in [2.45, 2.75) is 13.0 Å². The molecule has 0 aliphatic carbocycles. The van der Waals surface area contributed by atoms with Crippen molar-refractivity contribution in [3.63, 3.8) is 0 Å². The van der Waals surface area contributed by atoms with Gasteiger partial charge in [-0.1, -0.05) is 42.0 Å². The molecule has 0 fully saturated rings. The van der Waals surface area contributed by atoms with Gasteiger partial charge in [0.1, 0.15) is 6.04 Å². The summed E-state index contributed by atoms with van der Waals surface area (Å²) in [6.07, 6.45) is 3.62. The van der Waals surface area contributed by atoms with Crippen molar-refractivity contribution in [2.75, 3.05) is 13.1 Å². The smallest absolute Gasteiger partial charge is 0.124 e. The maximum atomic E-state index is 9.33. The van der Waals surface area contributed by atoms with Gasteiger partial charge in [-0.2, -0.15) is 5.26 Å². The Morgan fingerprint density at radius 2 is 2.00 bits per heavy atom. The number of aryl methyl sites for hydroxylation is 1. The molecule has 0 heterocycles. The summed E-state index contributed by atoms with van der Waals surface area (Å²) in [4.78, 5) is 2.04. The Morgan fingerprint density at radius 3 is 2.47 bits per heavy atom. The number of hydrogen-bond donors (Lipinski definition) is 0. The van der Waals surface area contributed by atoms with Gasteiger partial charge in [-0.25, -0.2) is 0 Å². The van der Waals surface area contributed by atoms with Crippen LogP contribution >= 0.6 is 0 Å². The molecule has 0 N–H and O–H groups in total. The van der Waals surface area contributed by atoms with Crippen LogP contribution in [-0.4, -0.2) is 18.0 Å². The van der Waals surface area contributed by atoms with Crippen LogP contribution in [0.15, 0.2) is 49.6 Å². The summed E-state index contributed by atoms with van der Waals surface area (Å²) in [6.45, 7) is 10.8. The molecule has 1 aromatic rings. The first kappa shape index (κ1) is 13.2. The van der Waals surface area contributed by atoms with Gasteiger partial charge in [0.15, 0.2) is 0 Å². The summed E-state index contributed by atoms with van der Waals surface area (Å²) >= 11 is 0. The second-order valence-corrected chi connectivity index (χ2v) is 3.98. The fourth-order valence-electron chi connectivity index (χ4n) is 1.82. The summed E-state index contributed by atoms with van der Waals surface area (Å²) in [6, 6.07) is 10.1. The molecule has 1 aromatic carbocycles. The van der Waals surface area contributed by atoms with Crippen molar-refractivity contribution >= 4 is 0 Å². The van der Waals surface area contributed by atoms with Crippen LogP contribution in [-0.2, 0) is 0 Å². The van der Waals surface area contributed by atoms with Crippen LogP contribution in [0.4, 0.5) is 0 Å². The highest BCUT2D eigenvalue weighted by atomic mass is 15.1. The molecule has 0 bridgehead atoms. The molecule has 0 saturated carbocycles. The molecule has 1 rings (SSSR count). The fraction of sp³-hybridized carbons (Fsp3) is 0.267. The molecular formula is C15H18N2. The van der Waals surface area contributed by atoms with E-state index in [0.29, 0.717) is 13.1 Å². The molecule has 0 aliphatic rings. The molecule has 88 valence electrons. The molecule has 0 aliphatic heterocycles. The molecule has 0 aromatic heterocycles. The van der Waals surface area contributed by atoms with Crippen molar-refractivity contribution in [3.8, 4) is 6.07 Å². The molecule has 17 heavy (non-hydrogen) atoms. The maximum Gasteiger partial charge on any atom is 0.124 e. The highest BCUT2D eigenvalue weighted by Crippen LogP contribution is 2.20. The average molecular weight is 226 g/mol. The minimum atomic E-state index is -0.245. The minimum Gasteiger partial charge on any atom is -0.277 e. The van der Waals surface area contributed by atoms with Crippen LogP contribution in [0.25, 0.3) is 0 Å². The van der Waals surface area contributed by atoms with E-state index in [1.807, 2.05) is 48.2 Å². The molecule has 0 radical (unpaired) electrons. The van der Waals surface area contributed by atoms with Crippen LogP contribution in [0.1, 0.15) is 17.2 Å². The van der Waals surface area contributed by atoms with Gasteiger partial charge in [0.05, 0.1) is 6.07 Å². The van der Waals surface area contributed by atoms with Crippen molar-refractivity contribution < 1.29 is 0 Å². The Hall–Kier alpha value is -1.85. The van der Waals surface area contributed by atoms with E-state index in [4.69, 9.17) is 0 Å². The molecule has 0 spiro atoms. The molecule has 0 saturated heterocycles. The summed E-state index contributed by atoms with van der Waals surface area (Å²) < 4.78 is 0. The Balaban J connectivity index is 2.99. The number of nitrogens with zero attached hydrogens (tertiary/aromatic N) is 2. The third kappa shape index (κ3) is 3.58. The first-order valence-electron chi connectivity index (χ1n) is 5.65. The predicted molar refractivity (Wildman–Crippen MR) is 71.5 cm³/mol. The normalized spacial score (nSPS) is 11.8. The summed E-state index contributed by atoms with van der Waals surface area (Å²) in [5, 5.41) is 9.33. The van der Waals surface area contributed by atoms with Crippen LogP contribution in [0.2, 0.25) is 0 Å². The van der Waals surface area contributed by atoms with Crippen molar-refractivity contribution in [2.24, 2.45) is 0 Å². The second-order valence-electron chi connectivity index (χ2n) is 3.98. The summed E-state index contributed by atoms with van der Waals surface area (Å²) in [7, 11) is 0. The van der Waals surface area contributed by atoms with Gasteiger partial charge in [-0.15, -0.1) is 13.2 Å². The quantitative estimate of drug-likeness (QED) is 0.696. The van der Waals surface area contributed by atoms with E-state index in [9.17, 15) is 5.26 Å². The Morgan fingerprint density at radius 1 is 1.35 bits per heavy atom. The van der Waals surface area contributed by atoms with Crippen LogP contribution in [0.3, 0.4) is 0 Å². The zero-order chi connectivity index (χ0) is 12.7. The minimum absolute atomic E-state index is 0.245. The third-order valence-corrected chi connectivity index (χ3v) is 2.57. The van der Waals surface area contributed by atoms with Gasteiger partial charge in [0.2, 0.25) is 0 Å². The molecule has 1 atom stereocenters. The average Bonchev–Trinajstić information content (AvgIpc) is 2.31. The second kappa shape index (κ2) is 6.67. The lowest BCUT2D eigenvalue weighted by Crippen LogP contribution is -2.28. The predicted octanol–water partition coefficient (Wildman–Crippen LogP) is 3.23. The summed E-state index contributed by atoms with van der Waals surface area (Å²) in [5.41, 5.74) is 2.19. The number of benzene rings is 1. The van der Waals surface area contributed by atoms with E-state index in [-0.39, 0.29) is 6.04 Å². The highest BCUT2D eigenvalue weighted by Gasteiger charge is 2.17. The molecule has 2 heteroatoms. The van der Waals surface area contributed by atoms with E-state index < -0.39 is 0 Å². The van der Waals surface area contributed by atoms with E-state index in [1.165, 1.54) is 5.56 Å². The first-order valence-corrected chi connectivity index (χ1v) is 5.65. The fourth-order valence-corrected chi connectivity index (χ4v) is 1.82. The van der Waals surface area contributed by atoms with Gasteiger partial charge in [-0.3, -0.25) is 4.90 Å². The van der Waals surface area contributed by atoms with Gasteiger partial charge < -0.3 is 0 Å². The lowest BCUT2D eigenvalue weighted by molar-refractivity contribution is 0.291. The van der Waals surface area contributed by atoms with Gasteiger partial charge in [-0.05, 0) is 12.5 Å². The topological polar surface area (TPSA) is 27.0 Å². The monoisotopic (exact) mass is 226 g/mol. The zero-order valence-corrected chi connectivity index (χ0v) is 10.3. The lowest BCUT2D eigenvalue weighted by Gasteiger charge is -2.24. The van der Waals surface area contributed by atoms with Crippen molar-refractivity contribution in [1.29, 1.82) is 5.26 Å². The van der Waals surface area contributed by atoms with Gasteiger partial charge in [0, 0.05) is 13.1 Å². The third-order valence-electron chi connectivity index (χ3n) is 2.57. The standard InChI is InChI=1S/C15H18N2/c1-4-9-17(10-5-2)15(12-16)14-8-6-7-13(3)11-14/h4-8,11,15H,1-2,9-10H2,3H3. The number of rotatable bonds is 6. The highest BCUT2D eigenvalue weighted by molar-refractivity contribution is 5.29. The first-order chi connectivity index (χ1) is 8.22. The largest absolute Gasteiger partial charge is 0.277 e. The SMILES string of the molecule is C=CCN(CC=C)C(C#N)c1cccc(C)c1. The maximum absolute atomic E-state index is 9.33. The van der Waals surface area contributed by atoms with Crippen LogP contribution in [0, 0.1) is 18.3 Å². The van der Waals surface area contributed by atoms with E-state index in [1.54, 1.807) is 0 Å². The van der Waals surface area contributed by atoms with Crippen LogP contribution < -0.4 is 0 Å². The number of hydrogen-bond acceptors (Lipinski definition) is 2. The summed E-state index contributed by atoms with van der Waals surface area (Å²) in [5.74, 6) is 0. The van der Waals surface area contributed by atoms with Gasteiger partial charge in [0.25, 0.3) is 0 Å². The lowest BCUT2D eigenvalue weighted by atomic mass is 10.0. The van der Waals surface area contributed by atoms with Gasteiger partial charge >= 0.3 is 0 Å². The molecule has 1 unspecified atom stereocenters. The van der Waals surface area contributed by atoms with Crippen LogP contribution in [0.5, 0.6) is 0 Å². The molecule has 0 amide bonds. The van der Waals surface area contributed by atoms with E-state index >= 15 is 0 Å². The van der Waals surface area contributed by atoms with Crippen molar-refractivity contribution in [1.82, 2.24) is 4.90 Å². The zero-order valence-electron chi connectivity index (χ0n) is 10.3. The molecular weight excluding hydrogens is 208 g/mol.